The highest BCUT2D eigenvalue weighted by Gasteiger charge is 2.28. The molecule has 2 heterocycles. The molecule has 2 aliphatic heterocycles. The number of carbonyl (C=O) groups excluding carboxylic acids is 2. The average Bonchev–Trinajstić information content (AvgIpc) is 2.88. The van der Waals surface area contributed by atoms with Gasteiger partial charge >= 0.3 is 0 Å². The molecule has 0 aromatic heterocycles. The second kappa shape index (κ2) is 15.5. The summed E-state index contributed by atoms with van der Waals surface area (Å²) in [6.07, 6.45) is 8.09. The fraction of sp³-hybridized carbons (Fsp3) is 0.654. The zero-order chi connectivity index (χ0) is 24.8. The van der Waals surface area contributed by atoms with Crippen LogP contribution in [-0.2, 0) is 14.4 Å². The fourth-order valence-corrected chi connectivity index (χ4v) is 5.15. The Morgan fingerprint density at radius 2 is 1.71 bits per heavy atom. The van der Waals surface area contributed by atoms with Crippen molar-refractivity contribution in [2.45, 2.75) is 69.9 Å². The topological polar surface area (TPSA) is 102 Å². The minimum atomic E-state index is -0.381. The fourth-order valence-electron chi connectivity index (χ4n) is 5.15. The molecule has 1 aromatic rings. The second-order valence-electron chi connectivity index (χ2n) is 9.17. The number of carbonyl (C=O) groups is 3. The number of aldehydes is 1. The first-order chi connectivity index (χ1) is 16.6. The summed E-state index contributed by atoms with van der Waals surface area (Å²) in [5.74, 6) is 0.536. The van der Waals surface area contributed by atoms with Crippen LogP contribution in [0.5, 0.6) is 0 Å². The molecule has 8 heteroatoms. The van der Waals surface area contributed by atoms with Gasteiger partial charge in [-0.2, -0.15) is 0 Å². The van der Waals surface area contributed by atoms with E-state index in [0.717, 1.165) is 18.0 Å². The highest BCUT2D eigenvalue weighted by molar-refractivity contribution is 5.84. The number of hydrogen-bond donors (Lipinski definition) is 3. The van der Waals surface area contributed by atoms with Gasteiger partial charge in [-0.25, -0.2) is 0 Å². The van der Waals surface area contributed by atoms with Crippen molar-refractivity contribution in [1.29, 1.82) is 0 Å². The van der Waals surface area contributed by atoms with E-state index in [9.17, 15) is 9.59 Å². The van der Waals surface area contributed by atoms with Crippen LogP contribution in [0.4, 0.5) is 5.69 Å². The zero-order valence-corrected chi connectivity index (χ0v) is 20.7. The Balaban J connectivity index is 0.00000129. The summed E-state index contributed by atoms with van der Waals surface area (Å²) in [5, 5.41) is 12.8. The molecule has 0 bridgehead atoms. The van der Waals surface area contributed by atoms with Crippen LogP contribution in [0.15, 0.2) is 24.3 Å². The largest absolute Gasteiger partial charge is 0.483 e. The molecule has 1 amide bonds. The summed E-state index contributed by atoms with van der Waals surface area (Å²) >= 11 is 0. The number of likely N-dealkylation sites (tertiary alicyclic amines) is 2. The SMILES string of the molecule is CCCN1CCC(N2CCC(c3ccc(NC(CCC=O)C(=O)NC)cc3)CC2)CC1.O=CO. The van der Waals surface area contributed by atoms with Crippen LogP contribution in [0.1, 0.15) is 63.4 Å². The van der Waals surface area contributed by atoms with E-state index >= 15 is 0 Å². The van der Waals surface area contributed by atoms with Gasteiger partial charge in [-0.15, -0.1) is 0 Å². The maximum Gasteiger partial charge on any atom is 0.290 e. The molecule has 34 heavy (non-hydrogen) atoms. The highest BCUT2D eigenvalue weighted by Crippen LogP contribution is 2.31. The summed E-state index contributed by atoms with van der Waals surface area (Å²) < 4.78 is 0. The van der Waals surface area contributed by atoms with Gasteiger partial charge in [0.05, 0.1) is 0 Å². The van der Waals surface area contributed by atoms with Gasteiger partial charge in [0.1, 0.15) is 12.3 Å². The Hall–Kier alpha value is -2.45. The van der Waals surface area contributed by atoms with Gasteiger partial charge in [0.2, 0.25) is 5.91 Å². The lowest BCUT2D eigenvalue weighted by Crippen LogP contribution is -2.47. The Bertz CT molecular complexity index is 727. The molecular formula is C26H42N4O4. The Morgan fingerprint density at radius 1 is 1.09 bits per heavy atom. The van der Waals surface area contributed by atoms with Crippen LogP contribution in [0.25, 0.3) is 0 Å². The minimum Gasteiger partial charge on any atom is -0.483 e. The first-order valence-electron chi connectivity index (χ1n) is 12.6. The number of hydrogen-bond acceptors (Lipinski definition) is 6. The van der Waals surface area contributed by atoms with Crippen molar-refractivity contribution in [3.05, 3.63) is 29.8 Å². The number of nitrogens with one attached hydrogen (secondary N) is 2. The molecular weight excluding hydrogens is 432 g/mol. The Kier molecular flexibility index (Phi) is 12.6. The summed E-state index contributed by atoms with van der Waals surface area (Å²) in [6, 6.07) is 8.94. The van der Waals surface area contributed by atoms with E-state index in [-0.39, 0.29) is 18.4 Å². The standard InChI is InChI=1S/C25H40N4O2.CH2O2/c1-3-14-28-15-12-23(13-16-28)29-17-10-21(11-18-29)20-6-8-22(9-7-20)27-24(5-4-19-30)25(31)26-2;2-1-3/h6-9,19,21,23-24,27H,3-5,10-18H2,1-2H3,(H,26,31);1H,(H,2,3). The van der Waals surface area contributed by atoms with Gasteiger partial charge in [-0.05, 0) is 94.9 Å². The van der Waals surface area contributed by atoms with Crippen molar-refractivity contribution in [3.63, 3.8) is 0 Å². The average molecular weight is 475 g/mol. The van der Waals surface area contributed by atoms with Crippen molar-refractivity contribution in [2.24, 2.45) is 0 Å². The highest BCUT2D eigenvalue weighted by atomic mass is 16.3. The molecule has 0 radical (unpaired) electrons. The number of amides is 1. The predicted octanol–water partition coefficient (Wildman–Crippen LogP) is 2.95. The first-order valence-corrected chi connectivity index (χ1v) is 12.6. The molecule has 2 aliphatic rings. The van der Waals surface area contributed by atoms with Crippen LogP contribution >= 0.6 is 0 Å². The van der Waals surface area contributed by atoms with Gasteiger partial charge in [0.25, 0.3) is 6.47 Å². The smallest absolute Gasteiger partial charge is 0.290 e. The lowest BCUT2D eigenvalue weighted by Gasteiger charge is -2.42. The van der Waals surface area contributed by atoms with Crippen LogP contribution in [0.2, 0.25) is 0 Å². The molecule has 0 spiro atoms. The first kappa shape index (κ1) is 27.8. The second-order valence-corrected chi connectivity index (χ2v) is 9.17. The molecule has 0 aliphatic carbocycles. The summed E-state index contributed by atoms with van der Waals surface area (Å²) in [6.45, 7) is 8.20. The number of likely N-dealkylation sites (N-methyl/N-ethyl adjacent to an activating group) is 1. The van der Waals surface area contributed by atoms with Crippen molar-refractivity contribution in [2.75, 3.05) is 45.1 Å². The Morgan fingerprint density at radius 3 is 2.24 bits per heavy atom. The van der Waals surface area contributed by atoms with Crippen molar-refractivity contribution < 1.29 is 19.5 Å². The van der Waals surface area contributed by atoms with Crippen molar-refractivity contribution in [3.8, 4) is 0 Å². The normalized spacial score (nSPS) is 18.9. The van der Waals surface area contributed by atoms with Gasteiger partial charge in [0, 0.05) is 25.2 Å². The van der Waals surface area contributed by atoms with E-state index in [1.807, 2.05) is 0 Å². The third kappa shape index (κ3) is 8.72. The molecule has 2 fully saturated rings. The van der Waals surface area contributed by atoms with E-state index in [0.29, 0.717) is 18.8 Å². The van der Waals surface area contributed by atoms with Crippen molar-refractivity contribution >= 4 is 24.4 Å². The van der Waals surface area contributed by atoms with E-state index in [1.54, 1.807) is 7.05 Å². The Labute approximate surface area is 204 Å². The van der Waals surface area contributed by atoms with Crippen molar-refractivity contribution in [1.82, 2.24) is 15.1 Å². The van der Waals surface area contributed by atoms with Gasteiger partial charge < -0.3 is 30.3 Å². The number of nitrogens with zero attached hydrogens (tertiary/aromatic N) is 2. The third-order valence-corrected chi connectivity index (χ3v) is 7.00. The quantitative estimate of drug-likeness (QED) is 0.448. The molecule has 1 aromatic carbocycles. The maximum absolute atomic E-state index is 12.1. The van der Waals surface area contributed by atoms with E-state index in [4.69, 9.17) is 9.90 Å². The van der Waals surface area contributed by atoms with Gasteiger partial charge in [-0.3, -0.25) is 9.59 Å². The minimum absolute atomic E-state index is 0.0844. The molecule has 8 nitrogen and oxygen atoms in total. The number of rotatable bonds is 10. The number of anilines is 1. The molecule has 1 atom stereocenters. The molecule has 3 N–H and O–H groups in total. The molecule has 2 saturated heterocycles. The summed E-state index contributed by atoms with van der Waals surface area (Å²) in [7, 11) is 1.63. The van der Waals surface area contributed by atoms with E-state index in [1.165, 1.54) is 70.4 Å². The monoisotopic (exact) mass is 474 g/mol. The lowest BCUT2D eigenvalue weighted by atomic mass is 9.88. The summed E-state index contributed by atoms with van der Waals surface area (Å²) in [5.41, 5.74) is 2.33. The third-order valence-electron chi connectivity index (χ3n) is 7.00. The zero-order valence-electron chi connectivity index (χ0n) is 20.7. The van der Waals surface area contributed by atoms with E-state index in [2.05, 4.69) is 51.6 Å². The van der Waals surface area contributed by atoms with Crippen LogP contribution in [0, 0.1) is 0 Å². The number of piperidine rings is 2. The molecule has 1 unspecified atom stereocenters. The van der Waals surface area contributed by atoms with Crippen LogP contribution in [-0.4, -0.2) is 85.4 Å². The van der Waals surface area contributed by atoms with E-state index < -0.39 is 0 Å². The van der Waals surface area contributed by atoms with Gasteiger partial charge in [-0.1, -0.05) is 19.1 Å². The van der Waals surface area contributed by atoms with Gasteiger partial charge in [0.15, 0.2) is 0 Å². The lowest BCUT2D eigenvalue weighted by molar-refractivity contribution is -0.123. The van der Waals surface area contributed by atoms with Crippen LogP contribution < -0.4 is 10.6 Å². The molecule has 190 valence electrons. The number of carboxylic acid groups (broad SMARTS) is 1. The van der Waals surface area contributed by atoms with Crippen LogP contribution in [0.3, 0.4) is 0 Å². The molecule has 3 rings (SSSR count). The predicted molar refractivity (Wildman–Crippen MR) is 135 cm³/mol. The number of benzene rings is 1. The molecule has 0 saturated carbocycles. The summed E-state index contributed by atoms with van der Waals surface area (Å²) in [4.78, 5) is 36.5. The maximum atomic E-state index is 12.1.